The molecule has 4 heteroatoms. The fraction of sp³-hybridized carbons (Fsp3) is 0.143. The van der Waals surface area contributed by atoms with Gasteiger partial charge in [-0.1, -0.05) is 15.9 Å². The summed E-state index contributed by atoms with van der Waals surface area (Å²) in [6.07, 6.45) is 0. The number of alkyl halides is 1. The van der Waals surface area contributed by atoms with Crippen LogP contribution in [0.2, 0.25) is 0 Å². The molecule has 0 nitrogen and oxygen atoms in total. The van der Waals surface area contributed by atoms with Gasteiger partial charge in [0.2, 0.25) is 0 Å². The second kappa shape index (κ2) is 3.87. The molecule has 0 radical (unpaired) electrons. The molecule has 0 spiro atoms. The van der Waals surface area contributed by atoms with Crippen LogP contribution in [0.5, 0.6) is 0 Å². The molecule has 1 rings (SSSR count). The molecule has 0 saturated carbocycles. The molecule has 0 fully saturated rings. The molecule has 60 valence electrons. The first-order valence-electron chi connectivity index (χ1n) is 2.84. The van der Waals surface area contributed by atoms with Gasteiger partial charge in [-0.15, -0.1) is 11.6 Å². The molecule has 0 aliphatic rings. The highest BCUT2D eigenvalue weighted by molar-refractivity contribution is 9.11. The molecule has 0 heterocycles. The third kappa shape index (κ3) is 2.17. The fourth-order valence-electron chi connectivity index (χ4n) is 0.707. The van der Waals surface area contributed by atoms with Gasteiger partial charge < -0.3 is 0 Å². The van der Waals surface area contributed by atoms with E-state index in [1.54, 1.807) is 6.07 Å². The largest absolute Gasteiger partial charge is 0.206 e. The molecule has 11 heavy (non-hydrogen) atoms. The zero-order valence-corrected chi connectivity index (χ0v) is 9.30. The highest BCUT2D eigenvalue weighted by atomic mass is 79.9. The zero-order valence-electron chi connectivity index (χ0n) is 5.37. The Labute approximate surface area is 86.0 Å². The third-order valence-corrected chi connectivity index (χ3v) is 2.85. The average molecular weight is 302 g/mol. The number of hydrogen-bond donors (Lipinski definition) is 0. The molecule has 0 aliphatic carbocycles. The van der Waals surface area contributed by atoms with Gasteiger partial charge in [0.15, 0.2) is 0 Å². The van der Waals surface area contributed by atoms with E-state index in [2.05, 4.69) is 31.9 Å². The normalized spacial score (nSPS) is 10.2. The van der Waals surface area contributed by atoms with E-state index < -0.39 is 0 Å². The lowest BCUT2D eigenvalue weighted by Crippen LogP contribution is -1.85. The molecule has 0 aromatic heterocycles. The molecule has 0 saturated heterocycles. The summed E-state index contributed by atoms with van der Waals surface area (Å²) in [5, 5.41) is 0. The third-order valence-electron chi connectivity index (χ3n) is 1.21. The lowest BCUT2D eigenvalue weighted by atomic mass is 10.2. The Morgan fingerprint density at radius 2 is 2.00 bits per heavy atom. The summed E-state index contributed by atoms with van der Waals surface area (Å²) in [6.45, 7) is 0. The number of benzene rings is 1. The minimum atomic E-state index is -0.296. The standard InChI is InChI=1S/C7H4Br2ClF/c8-5-1-4(3-10)7(9)6(11)2-5/h1-2H,3H2. The van der Waals surface area contributed by atoms with Crippen LogP contribution in [0.15, 0.2) is 21.1 Å². The first-order valence-corrected chi connectivity index (χ1v) is 4.96. The van der Waals surface area contributed by atoms with Crippen LogP contribution in [0, 0.1) is 5.82 Å². The van der Waals surface area contributed by atoms with Gasteiger partial charge in [-0.05, 0) is 33.6 Å². The van der Waals surface area contributed by atoms with E-state index in [0.717, 1.165) is 5.56 Å². The Morgan fingerprint density at radius 3 is 2.55 bits per heavy atom. The summed E-state index contributed by atoms with van der Waals surface area (Å²) in [4.78, 5) is 0. The van der Waals surface area contributed by atoms with Crippen LogP contribution in [-0.4, -0.2) is 0 Å². The maximum Gasteiger partial charge on any atom is 0.138 e. The van der Waals surface area contributed by atoms with Crippen molar-refractivity contribution in [3.05, 3.63) is 32.5 Å². The smallest absolute Gasteiger partial charge is 0.138 e. The van der Waals surface area contributed by atoms with Gasteiger partial charge in [0, 0.05) is 10.4 Å². The molecule has 0 bridgehead atoms. The summed E-state index contributed by atoms with van der Waals surface area (Å²) in [5.74, 6) is 0.00625. The van der Waals surface area contributed by atoms with Crippen molar-refractivity contribution in [3.8, 4) is 0 Å². The van der Waals surface area contributed by atoms with E-state index in [-0.39, 0.29) is 5.82 Å². The fourth-order valence-corrected chi connectivity index (χ4v) is 1.93. The monoisotopic (exact) mass is 300 g/mol. The number of hydrogen-bond acceptors (Lipinski definition) is 0. The summed E-state index contributed by atoms with van der Waals surface area (Å²) in [5.41, 5.74) is 0.749. The Morgan fingerprint density at radius 1 is 1.36 bits per heavy atom. The summed E-state index contributed by atoms with van der Waals surface area (Å²) in [6, 6.07) is 3.17. The molecule has 0 N–H and O–H groups in total. The number of halogens is 4. The molecule has 0 unspecified atom stereocenters. The quantitative estimate of drug-likeness (QED) is 0.541. The number of rotatable bonds is 1. The Bertz CT molecular complexity index is 275. The maximum absolute atomic E-state index is 12.9. The van der Waals surface area contributed by atoms with Gasteiger partial charge in [-0.2, -0.15) is 0 Å². The topological polar surface area (TPSA) is 0 Å². The molecule has 0 aliphatic heterocycles. The van der Waals surface area contributed by atoms with E-state index in [1.165, 1.54) is 6.07 Å². The molecular formula is C7H4Br2ClF. The minimum Gasteiger partial charge on any atom is -0.206 e. The van der Waals surface area contributed by atoms with Crippen molar-refractivity contribution in [1.29, 1.82) is 0 Å². The molecule has 0 atom stereocenters. The second-order valence-electron chi connectivity index (χ2n) is 1.99. The van der Waals surface area contributed by atoms with Crippen molar-refractivity contribution in [3.63, 3.8) is 0 Å². The Hall–Kier alpha value is 0.400. The van der Waals surface area contributed by atoms with E-state index in [0.29, 0.717) is 14.8 Å². The van der Waals surface area contributed by atoms with Gasteiger partial charge in [0.1, 0.15) is 5.82 Å². The van der Waals surface area contributed by atoms with E-state index in [4.69, 9.17) is 11.6 Å². The predicted molar refractivity (Wildman–Crippen MR) is 51.4 cm³/mol. The van der Waals surface area contributed by atoms with Crippen molar-refractivity contribution in [1.82, 2.24) is 0 Å². The van der Waals surface area contributed by atoms with Crippen LogP contribution in [0.4, 0.5) is 4.39 Å². The van der Waals surface area contributed by atoms with Crippen LogP contribution in [0.25, 0.3) is 0 Å². The molecule has 1 aromatic rings. The van der Waals surface area contributed by atoms with Gasteiger partial charge in [-0.25, -0.2) is 4.39 Å². The average Bonchev–Trinajstić information content (AvgIpc) is 1.96. The highest BCUT2D eigenvalue weighted by Crippen LogP contribution is 2.26. The van der Waals surface area contributed by atoms with Gasteiger partial charge in [0.05, 0.1) is 4.47 Å². The summed E-state index contributed by atoms with van der Waals surface area (Å²) < 4.78 is 14.0. The molecule has 1 aromatic carbocycles. The summed E-state index contributed by atoms with van der Waals surface area (Å²) in [7, 11) is 0. The van der Waals surface area contributed by atoms with Crippen LogP contribution in [0.3, 0.4) is 0 Å². The second-order valence-corrected chi connectivity index (χ2v) is 3.97. The van der Waals surface area contributed by atoms with E-state index >= 15 is 0 Å². The minimum absolute atomic E-state index is 0.296. The highest BCUT2D eigenvalue weighted by Gasteiger charge is 2.05. The Balaban J connectivity index is 3.24. The van der Waals surface area contributed by atoms with E-state index in [9.17, 15) is 4.39 Å². The van der Waals surface area contributed by atoms with Gasteiger partial charge in [-0.3, -0.25) is 0 Å². The Kier molecular flexibility index (Phi) is 3.34. The zero-order chi connectivity index (χ0) is 8.43. The maximum atomic E-state index is 12.9. The van der Waals surface area contributed by atoms with Crippen molar-refractivity contribution in [2.45, 2.75) is 5.88 Å². The van der Waals surface area contributed by atoms with Crippen molar-refractivity contribution in [2.24, 2.45) is 0 Å². The lowest BCUT2D eigenvalue weighted by molar-refractivity contribution is 0.618. The van der Waals surface area contributed by atoms with Crippen LogP contribution in [0.1, 0.15) is 5.56 Å². The van der Waals surface area contributed by atoms with Crippen molar-refractivity contribution >= 4 is 43.5 Å². The molecule has 0 amide bonds. The van der Waals surface area contributed by atoms with Crippen LogP contribution < -0.4 is 0 Å². The predicted octanol–water partition coefficient (Wildman–Crippen LogP) is 4.09. The molecular weight excluding hydrogens is 298 g/mol. The summed E-state index contributed by atoms with van der Waals surface area (Å²) >= 11 is 11.8. The van der Waals surface area contributed by atoms with Crippen molar-refractivity contribution in [2.75, 3.05) is 0 Å². The van der Waals surface area contributed by atoms with Gasteiger partial charge in [0.25, 0.3) is 0 Å². The lowest BCUT2D eigenvalue weighted by Gasteiger charge is -2.01. The van der Waals surface area contributed by atoms with Crippen molar-refractivity contribution < 1.29 is 4.39 Å². The van der Waals surface area contributed by atoms with Crippen LogP contribution >= 0.6 is 43.5 Å². The first-order chi connectivity index (χ1) is 5.15. The first kappa shape index (κ1) is 9.49. The van der Waals surface area contributed by atoms with E-state index in [1.807, 2.05) is 0 Å². The van der Waals surface area contributed by atoms with Crippen LogP contribution in [-0.2, 0) is 5.88 Å². The SMILES string of the molecule is Fc1cc(Br)cc(CCl)c1Br. The van der Waals surface area contributed by atoms with Gasteiger partial charge >= 0.3 is 0 Å².